The molecule has 0 heterocycles. The van der Waals surface area contributed by atoms with Gasteiger partial charge in [0.25, 0.3) is 0 Å². The molecule has 1 nitrogen and oxygen atoms in total. The van der Waals surface area contributed by atoms with Gasteiger partial charge in [-0.2, -0.15) is 5.26 Å². The molecular formula is C9H8BN. The first-order chi connectivity index (χ1) is 5.38. The first-order valence-corrected chi connectivity index (χ1v) is 3.56. The number of hydrogen-bond acceptors (Lipinski definition) is 1. The van der Waals surface area contributed by atoms with Crippen LogP contribution < -0.4 is 0 Å². The Bertz CT molecular complexity index is 275. The molecule has 11 heavy (non-hydrogen) atoms. The fourth-order valence-corrected chi connectivity index (χ4v) is 1.00. The predicted octanol–water partition coefficient (Wildman–Crippen LogP) is 1.69. The van der Waals surface area contributed by atoms with E-state index in [0.29, 0.717) is 6.32 Å². The molecular weight excluding hydrogens is 133 g/mol. The van der Waals surface area contributed by atoms with E-state index in [1.807, 2.05) is 24.3 Å². The molecule has 0 atom stereocenters. The van der Waals surface area contributed by atoms with E-state index in [9.17, 15) is 0 Å². The average molecular weight is 141 g/mol. The Morgan fingerprint density at radius 3 is 2.73 bits per heavy atom. The highest BCUT2D eigenvalue weighted by Crippen LogP contribution is 2.08. The van der Waals surface area contributed by atoms with Crippen molar-refractivity contribution >= 4 is 7.85 Å². The smallest absolute Gasteiger partial charge is 0.0994 e. The molecule has 0 amide bonds. The molecule has 52 valence electrons. The second kappa shape index (κ2) is 3.83. The average Bonchev–Trinajstić information content (AvgIpc) is 2.06. The Hall–Kier alpha value is -1.23. The lowest BCUT2D eigenvalue weighted by Crippen LogP contribution is -1.88. The van der Waals surface area contributed by atoms with Gasteiger partial charge in [0.15, 0.2) is 0 Å². The van der Waals surface area contributed by atoms with Gasteiger partial charge in [-0.05, 0) is 18.1 Å². The van der Waals surface area contributed by atoms with Crippen LogP contribution in [0.25, 0.3) is 0 Å². The maximum Gasteiger partial charge on any atom is 0.0994 e. The molecule has 0 aliphatic carbocycles. The van der Waals surface area contributed by atoms with Crippen molar-refractivity contribution in [3.8, 4) is 6.07 Å². The SMILES string of the molecule is [B]CCc1ccccc1C#N. The van der Waals surface area contributed by atoms with Crippen LogP contribution in [0.1, 0.15) is 11.1 Å². The highest BCUT2D eigenvalue weighted by molar-refractivity contribution is 6.08. The summed E-state index contributed by atoms with van der Waals surface area (Å²) < 4.78 is 0. The zero-order chi connectivity index (χ0) is 8.10. The van der Waals surface area contributed by atoms with Crippen LogP contribution in [0.3, 0.4) is 0 Å². The van der Waals surface area contributed by atoms with E-state index in [-0.39, 0.29) is 0 Å². The summed E-state index contributed by atoms with van der Waals surface area (Å²) in [5.41, 5.74) is 1.77. The Kier molecular flexibility index (Phi) is 2.74. The van der Waals surface area contributed by atoms with Crippen LogP contribution in [0.2, 0.25) is 6.32 Å². The molecule has 2 radical (unpaired) electrons. The van der Waals surface area contributed by atoms with E-state index >= 15 is 0 Å². The Balaban J connectivity index is 2.95. The summed E-state index contributed by atoms with van der Waals surface area (Å²) in [4.78, 5) is 0. The molecule has 0 unspecified atom stereocenters. The highest BCUT2D eigenvalue weighted by atomic mass is 14.2. The molecule has 0 aliphatic heterocycles. The number of benzene rings is 1. The molecule has 0 aromatic heterocycles. The van der Waals surface area contributed by atoms with Crippen LogP contribution in [0.5, 0.6) is 0 Å². The monoisotopic (exact) mass is 141 g/mol. The van der Waals surface area contributed by atoms with Crippen LogP contribution in [0.4, 0.5) is 0 Å². The van der Waals surface area contributed by atoms with Crippen LogP contribution in [0, 0.1) is 11.3 Å². The minimum absolute atomic E-state index is 0.596. The van der Waals surface area contributed by atoms with Crippen molar-refractivity contribution in [2.24, 2.45) is 0 Å². The summed E-state index contributed by atoms with van der Waals surface area (Å²) in [6.07, 6.45) is 1.38. The lowest BCUT2D eigenvalue weighted by atomic mass is 9.95. The normalized spacial score (nSPS) is 9.00. The zero-order valence-electron chi connectivity index (χ0n) is 6.25. The number of rotatable bonds is 2. The van der Waals surface area contributed by atoms with Crippen molar-refractivity contribution in [2.45, 2.75) is 12.7 Å². The third-order valence-electron chi connectivity index (χ3n) is 1.55. The highest BCUT2D eigenvalue weighted by Gasteiger charge is 1.96. The second-order valence-electron chi connectivity index (χ2n) is 2.31. The van der Waals surface area contributed by atoms with Crippen molar-refractivity contribution in [3.63, 3.8) is 0 Å². The van der Waals surface area contributed by atoms with E-state index in [4.69, 9.17) is 13.1 Å². The van der Waals surface area contributed by atoms with Gasteiger partial charge >= 0.3 is 0 Å². The molecule has 2 heteroatoms. The largest absolute Gasteiger partial charge is 0.192 e. The summed E-state index contributed by atoms with van der Waals surface area (Å²) in [6, 6.07) is 9.65. The van der Waals surface area contributed by atoms with Crippen molar-refractivity contribution in [3.05, 3.63) is 35.4 Å². The Morgan fingerprint density at radius 2 is 2.09 bits per heavy atom. The quantitative estimate of drug-likeness (QED) is 0.574. The summed E-state index contributed by atoms with van der Waals surface area (Å²) >= 11 is 0. The summed E-state index contributed by atoms with van der Waals surface area (Å²) in [5.74, 6) is 0. The Morgan fingerprint density at radius 1 is 1.36 bits per heavy atom. The van der Waals surface area contributed by atoms with E-state index in [1.165, 1.54) is 0 Å². The van der Waals surface area contributed by atoms with Crippen LogP contribution in [-0.4, -0.2) is 7.85 Å². The van der Waals surface area contributed by atoms with Gasteiger partial charge in [-0.3, -0.25) is 0 Å². The van der Waals surface area contributed by atoms with Crippen molar-refractivity contribution in [2.75, 3.05) is 0 Å². The maximum absolute atomic E-state index is 8.65. The molecule has 0 fully saturated rings. The zero-order valence-corrected chi connectivity index (χ0v) is 6.25. The molecule has 0 bridgehead atoms. The van der Waals surface area contributed by atoms with E-state index in [0.717, 1.165) is 17.5 Å². The standard InChI is InChI=1S/C9H8BN/c10-6-5-8-3-1-2-4-9(8)7-11/h1-4H,5-6H2. The van der Waals surface area contributed by atoms with E-state index in [2.05, 4.69) is 6.07 Å². The molecule has 1 rings (SSSR count). The van der Waals surface area contributed by atoms with Gasteiger partial charge in [0.1, 0.15) is 0 Å². The maximum atomic E-state index is 8.65. The summed E-state index contributed by atoms with van der Waals surface area (Å²) in [6.45, 7) is 0. The van der Waals surface area contributed by atoms with Gasteiger partial charge in [0.2, 0.25) is 0 Å². The summed E-state index contributed by atoms with van der Waals surface area (Å²) in [5, 5.41) is 8.65. The first kappa shape index (κ1) is 7.88. The van der Waals surface area contributed by atoms with Gasteiger partial charge in [-0.25, -0.2) is 0 Å². The minimum atomic E-state index is 0.596. The third-order valence-corrected chi connectivity index (χ3v) is 1.55. The van der Waals surface area contributed by atoms with Crippen LogP contribution in [0.15, 0.2) is 24.3 Å². The van der Waals surface area contributed by atoms with Crippen molar-refractivity contribution in [1.82, 2.24) is 0 Å². The van der Waals surface area contributed by atoms with Crippen molar-refractivity contribution in [1.29, 1.82) is 5.26 Å². The van der Waals surface area contributed by atoms with E-state index < -0.39 is 0 Å². The molecule has 0 saturated heterocycles. The van der Waals surface area contributed by atoms with Gasteiger partial charge in [0.05, 0.1) is 19.5 Å². The molecule has 0 N–H and O–H groups in total. The van der Waals surface area contributed by atoms with Gasteiger partial charge in [-0.1, -0.05) is 24.5 Å². The van der Waals surface area contributed by atoms with Crippen LogP contribution >= 0.6 is 0 Å². The molecule has 1 aromatic rings. The van der Waals surface area contributed by atoms with E-state index in [1.54, 1.807) is 0 Å². The van der Waals surface area contributed by atoms with Gasteiger partial charge in [0, 0.05) is 0 Å². The minimum Gasteiger partial charge on any atom is -0.192 e. The number of aryl methyl sites for hydroxylation is 1. The molecule has 1 aromatic carbocycles. The van der Waals surface area contributed by atoms with Crippen LogP contribution in [-0.2, 0) is 6.42 Å². The number of nitrogens with zero attached hydrogens (tertiary/aromatic N) is 1. The predicted molar refractivity (Wildman–Crippen MR) is 45.4 cm³/mol. The third kappa shape index (κ3) is 1.85. The van der Waals surface area contributed by atoms with Gasteiger partial charge < -0.3 is 0 Å². The Labute approximate surface area is 68.1 Å². The summed E-state index contributed by atoms with van der Waals surface area (Å²) in [7, 11) is 5.37. The molecule has 0 saturated carbocycles. The van der Waals surface area contributed by atoms with Crippen molar-refractivity contribution < 1.29 is 0 Å². The molecule has 0 aliphatic rings. The molecule has 0 spiro atoms. The topological polar surface area (TPSA) is 23.8 Å². The number of nitriles is 1. The number of hydrogen-bond donors (Lipinski definition) is 0. The fourth-order valence-electron chi connectivity index (χ4n) is 1.00. The lowest BCUT2D eigenvalue weighted by molar-refractivity contribution is 1.12. The first-order valence-electron chi connectivity index (χ1n) is 3.56. The van der Waals surface area contributed by atoms with Gasteiger partial charge in [-0.15, -0.1) is 0 Å². The second-order valence-corrected chi connectivity index (χ2v) is 2.31. The fraction of sp³-hybridized carbons (Fsp3) is 0.222. The lowest BCUT2D eigenvalue weighted by Gasteiger charge is -1.99.